The van der Waals surface area contributed by atoms with Gasteiger partial charge in [0.2, 0.25) is 0 Å². The maximum absolute atomic E-state index is 9.46. The van der Waals surface area contributed by atoms with Gasteiger partial charge in [-0.15, -0.1) is 0 Å². The van der Waals surface area contributed by atoms with Crippen LogP contribution in [0.1, 0.15) is 17.4 Å². The largest absolute Gasteiger partial charge is 0.387 e. The first-order valence-electron chi connectivity index (χ1n) is 3.68. The van der Waals surface area contributed by atoms with E-state index in [9.17, 15) is 5.11 Å². The standard InChI is InChI=1S/C7H11N3O/c1-10-4-5-6(9-10)2-8-3-7(5)11/h4,7-8,11H,2-3H2,1H3. The molecule has 1 unspecified atom stereocenters. The molecule has 2 N–H and O–H groups in total. The highest BCUT2D eigenvalue weighted by Gasteiger charge is 2.19. The number of β-amino-alcohol motifs (C(OH)–C–C–N with tert-alkyl or cyclic N) is 1. The Hall–Kier alpha value is -0.870. The molecular formula is C7H11N3O. The fourth-order valence-corrected chi connectivity index (χ4v) is 1.41. The number of rotatable bonds is 0. The molecule has 0 bridgehead atoms. The van der Waals surface area contributed by atoms with Crippen molar-refractivity contribution in [2.24, 2.45) is 7.05 Å². The lowest BCUT2D eigenvalue weighted by Gasteiger charge is -2.16. The van der Waals surface area contributed by atoms with Crippen LogP contribution in [0.25, 0.3) is 0 Å². The van der Waals surface area contributed by atoms with E-state index in [4.69, 9.17) is 0 Å². The molecule has 11 heavy (non-hydrogen) atoms. The number of aromatic nitrogens is 2. The van der Waals surface area contributed by atoms with E-state index >= 15 is 0 Å². The van der Waals surface area contributed by atoms with Gasteiger partial charge in [-0.05, 0) is 0 Å². The molecular weight excluding hydrogens is 142 g/mol. The van der Waals surface area contributed by atoms with Gasteiger partial charge in [0, 0.05) is 31.9 Å². The number of aliphatic hydroxyl groups is 1. The van der Waals surface area contributed by atoms with E-state index in [0.717, 1.165) is 17.8 Å². The van der Waals surface area contributed by atoms with Gasteiger partial charge in [-0.3, -0.25) is 4.68 Å². The summed E-state index contributed by atoms with van der Waals surface area (Å²) in [7, 11) is 1.87. The van der Waals surface area contributed by atoms with Crippen LogP contribution in [-0.4, -0.2) is 21.4 Å². The van der Waals surface area contributed by atoms with Crippen LogP contribution in [0.4, 0.5) is 0 Å². The van der Waals surface area contributed by atoms with Gasteiger partial charge in [-0.25, -0.2) is 0 Å². The van der Waals surface area contributed by atoms with E-state index in [-0.39, 0.29) is 6.10 Å². The predicted molar refractivity (Wildman–Crippen MR) is 39.9 cm³/mol. The molecule has 1 aliphatic rings. The van der Waals surface area contributed by atoms with Gasteiger partial charge in [0.15, 0.2) is 0 Å². The second kappa shape index (κ2) is 2.32. The number of hydrogen-bond acceptors (Lipinski definition) is 3. The molecule has 0 fully saturated rings. The first-order valence-corrected chi connectivity index (χ1v) is 3.68. The summed E-state index contributed by atoms with van der Waals surface area (Å²) in [4.78, 5) is 0. The first-order chi connectivity index (χ1) is 5.27. The van der Waals surface area contributed by atoms with Crippen LogP contribution in [0.2, 0.25) is 0 Å². The van der Waals surface area contributed by atoms with Crippen LogP contribution in [0.5, 0.6) is 0 Å². The van der Waals surface area contributed by atoms with E-state index in [1.54, 1.807) is 4.68 Å². The quantitative estimate of drug-likeness (QED) is 0.531. The lowest BCUT2D eigenvalue weighted by atomic mass is 10.1. The first kappa shape index (κ1) is 6.82. The minimum Gasteiger partial charge on any atom is -0.387 e. The van der Waals surface area contributed by atoms with E-state index in [1.807, 2.05) is 13.2 Å². The lowest BCUT2D eigenvalue weighted by molar-refractivity contribution is 0.165. The third-order valence-electron chi connectivity index (χ3n) is 1.93. The Balaban J connectivity index is 2.43. The molecule has 60 valence electrons. The lowest BCUT2D eigenvalue weighted by Crippen LogP contribution is -2.27. The highest BCUT2D eigenvalue weighted by atomic mass is 16.3. The Morgan fingerprint density at radius 3 is 3.36 bits per heavy atom. The predicted octanol–water partition coefficient (Wildman–Crippen LogP) is -0.443. The normalized spacial score (nSPS) is 23.3. The minimum absolute atomic E-state index is 0.382. The van der Waals surface area contributed by atoms with E-state index in [1.165, 1.54) is 0 Å². The Morgan fingerprint density at radius 1 is 1.82 bits per heavy atom. The van der Waals surface area contributed by atoms with Crippen molar-refractivity contribution in [1.29, 1.82) is 0 Å². The highest BCUT2D eigenvalue weighted by molar-refractivity contribution is 5.22. The van der Waals surface area contributed by atoms with Gasteiger partial charge in [0.1, 0.15) is 0 Å². The van der Waals surface area contributed by atoms with Crippen molar-refractivity contribution in [3.8, 4) is 0 Å². The summed E-state index contributed by atoms with van der Waals surface area (Å²) in [5, 5.41) is 16.7. The van der Waals surface area contributed by atoms with Crippen molar-refractivity contribution < 1.29 is 5.11 Å². The average molecular weight is 153 g/mol. The topological polar surface area (TPSA) is 50.1 Å². The fourth-order valence-electron chi connectivity index (χ4n) is 1.41. The third-order valence-corrected chi connectivity index (χ3v) is 1.93. The summed E-state index contributed by atoms with van der Waals surface area (Å²) in [5.74, 6) is 0. The summed E-state index contributed by atoms with van der Waals surface area (Å²) in [6.07, 6.45) is 1.49. The van der Waals surface area contributed by atoms with Crippen LogP contribution < -0.4 is 5.32 Å². The maximum atomic E-state index is 9.46. The number of hydrogen-bond donors (Lipinski definition) is 2. The molecule has 1 aromatic heterocycles. The fraction of sp³-hybridized carbons (Fsp3) is 0.571. The van der Waals surface area contributed by atoms with E-state index in [0.29, 0.717) is 6.54 Å². The van der Waals surface area contributed by atoms with Gasteiger partial charge < -0.3 is 10.4 Å². The van der Waals surface area contributed by atoms with Gasteiger partial charge in [0.25, 0.3) is 0 Å². The van der Waals surface area contributed by atoms with E-state index in [2.05, 4.69) is 10.4 Å². The van der Waals surface area contributed by atoms with Crippen molar-refractivity contribution in [2.75, 3.05) is 6.54 Å². The summed E-state index contributed by atoms with van der Waals surface area (Å²) >= 11 is 0. The molecule has 0 radical (unpaired) electrons. The average Bonchev–Trinajstić information content (AvgIpc) is 2.31. The van der Waals surface area contributed by atoms with Gasteiger partial charge in [0.05, 0.1) is 11.8 Å². The highest BCUT2D eigenvalue weighted by Crippen LogP contribution is 2.19. The molecule has 0 amide bonds. The molecule has 2 rings (SSSR count). The van der Waals surface area contributed by atoms with Crippen molar-refractivity contribution in [2.45, 2.75) is 12.6 Å². The molecule has 2 heterocycles. The molecule has 4 heteroatoms. The van der Waals surface area contributed by atoms with Crippen LogP contribution >= 0.6 is 0 Å². The Kier molecular flexibility index (Phi) is 1.44. The van der Waals surface area contributed by atoms with Crippen LogP contribution in [0, 0.1) is 0 Å². The summed E-state index contributed by atoms with van der Waals surface area (Å²) in [5.41, 5.74) is 1.93. The second-order valence-corrected chi connectivity index (χ2v) is 2.85. The van der Waals surface area contributed by atoms with Gasteiger partial charge in [-0.2, -0.15) is 5.10 Å². The van der Waals surface area contributed by atoms with Crippen molar-refractivity contribution in [1.82, 2.24) is 15.1 Å². The number of aryl methyl sites for hydroxylation is 1. The molecule has 0 saturated carbocycles. The monoisotopic (exact) mass is 153 g/mol. The number of aliphatic hydroxyl groups excluding tert-OH is 1. The molecule has 0 aliphatic carbocycles. The summed E-state index contributed by atoms with van der Waals surface area (Å²) < 4.78 is 1.74. The smallest absolute Gasteiger partial charge is 0.0948 e. The SMILES string of the molecule is Cn1cc2c(n1)CNCC2O. The van der Waals surface area contributed by atoms with E-state index < -0.39 is 0 Å². The molecule has 1 aliphatic heterocycles. The zero-order valence-corrected chi connectivity index (χ0v) is 6.41. The molecule has 4 nitrogen and oxygen atoms in total. The Labute approximate surface area is 64.8 Å². The Bertz CT molecular complexity index is 269. The minimum atomic E-state index is -0.382. The second-order valence-electron chi connectivity index (χ2n) is 2.85. The molecule has 1 atom stereocenters. The number of nitrogens with one attached hydrogen (secondary N) is 1. The third kappa shape index (κ3) is 1.04. The van der Waals surface area contributed by atoms with Crippen LogP contribution in [-0.2, 0) is 13.6 Å². The van der Waals surface area contributed by atoms with Crippen molar-refractivity contribution in [3.63, 3.8) is 0 Å². The van der Waals surface area contributed by atoms with Gasteiger partial charge in [-0.1, -0.05) is 0 Å². The number of fused-ring (bicyclic) bond motifs is 1. The van der Waals surface area contributed by atoms with Crippen LogP contribution in [0.15, 0.2) is 6.20 Å². The zero-order chi connectivity index (χ0) is 7.84. The summed E-state index contributed by atoms with van der Waals surface area (Å²) in [6, 6.07) is 0. The maximum Gasteiger partial charge on any atom is 0.0948 e. The number of nitrogens with zero attached hydrogens (tertiary/aromatic N) is 2. The van der Waals surface area contributed by atoms with Crippen molar-refractivity contribution >= 4 is 0 Å². The van der Waals surface area contributed by atoms with Crippen molar-refractivity contribution in [3.05, 3.63) is 17.5 Å². The zero-order valence-electron chi connectivity index (χ0n) is 6.41. The van der Waals surface area contributed by atoms with Crippen LogP contribution in [0.3, 0.4) is 0 Å². The Morgan fingerprint density at radius 2 is 2.64 bits per heavy atom. The summed E-state index contributed by atoms with van der Waals surface area (Å²) in [6.45, 7) is 1.41. The molecule has 0 aromatic carbocycles. The molecule has 0 spiro atoms. The van der Waals surface area contributed by atoms with Gasteiger partial charge >= 0.3 is 0 Å². The molecule has 0 saturated heterocycles. The molecule has 1 aromatic rings.